The van der Waals surface area contributed by atoms with Gasteiger partial charge in [-0.05, 0) is 6.92 Å². The Bertz CT molecular complexity index is 189. The van der Waals surface area contributed by atoms with Gasteiger partial charge in [-0.25, -0.2) is 0 Å². The van der Waals surface area contributed by atoms with Gasteiger partial charge in [0.25, 0.3) is 0 Å². The molecule has 0 saturated heterocycles. The Kier molecular flexibility index (Phi) is 3.42. The molecular formula is C11H19O2. The van der Waals surface area contributed by atoms with E-state index >= 15 is 0 Å². The normalized spacial score (nSPS) is 12.8. The van der Waals surface area contributed by atoms with Gasteiger partial charge in [-0.15, -0.1) is 0 Å². The molecule has 0 aliphatic heterocycles. The third-order valence-electron chi connectivity index (χ3n) is 1.91. The van der Waals surface area contributed by atoms with Crippen molar-refractivity contribution in [1.29, 1.82) is 0 Å². The van der Waals surface area contributed by atoms with E-state index in [-0.39, 0.29) is 18.0 Å². The molecule has 0 bridgehead atoms. The van der Waals surface area contributed by atoms with Crippen molar-refractivity contribution in [2.24, 2.45) is 10.8 Å². The molecule has 0 amide bonds. The van der Waals surface area contributed by atoms with E-state index in [0.717, 1.165) is 0 Å². The Morgan fingerprint density at radius 2 is 1.38 bits per heavy atom. The highest BCUT2D eigenvalue weighted by Crippen LogP contribution is 2.22. The third kappa shape index (κ3) is 4.20. The van der Waals surface area contributed by atoms with E-state index in [4.69, 9.17) is 0 Å². The van der Waals surface area contributed by atoms with Gasteiger partial charge in [-0.1, -0.05) is 34.6 Å². The third-order valence-corrected chi connectivity index (χ3v) is 1.91. The van der Waals surface area contributed by atoms with E-state index < -0.39 is 10.8 Å². The van der Waals surface area contributed by atoms with Gasteiger partial charge in [-0.2, -0.15) is 0 Å². The van der Waals surface area contributed by atoms with E-state index in [1.807, 2.05) is 20.8 Å². The molecule has 0 fully saturated rings. The van der Waals surface area contributed by atoms with Crippen LogP contribution in [0.1, 0.15) is 41.0 Å². The van der Waals surface area contributed by atoms with Gasteiger partial charge in [0, 0.05) is 10.8 Å². The first-order valence-corrected chi connectivity index (χ1v) is 4.47. The molecule has 0 heterocycles. The Labute approximate surface area is 80.7 Å². The summed E-state index contributed by atoms with van der Waals surface area (Å²) in [5.41, 5.74) is -1.08. The Balaban J connectivity index is 4.34. The summed E-state index contributed by atoms with van der Waals surface area (Å²) >= 11 is 0. The van der Waals surface area contributed by atoms with Crippen LogP contribution in [-0.4, -0.2) is 11.6 Å². The Morgan fingerprint density at radius 3 is 1.62 bits per heavy atom. The largest absolute Gasteiger partial charge is 0.299 e. The molecule has 0 aliphatic rings. The van der Waals surface area contributed by atoms with Crippen LogP contribution in [0.5, 0.6) is 0 Å². The molecule has 0 aromatic rings. The van der Waals surface area contributed by atoms with Crippen LogP contribution in [0.3, 0.4) is 0 Å². The van der Waals surface area contributed by atoms with Gasteiger partial charge >= 0.3 is 0 Å². The number of Topliss-reactive ketones (excluding diaryl/α,β-unsaturated/α-hetero) is 2. The molecule has 0 saturated carbocycles. The van der Waals surface area contributed by atoms with Crippen LogP contribution in [0.25, 0.3) is 0 Å². The molecule has 0 atom stereocenters. The number of hydrogen-bond acceptors (Lipinski definition) is 2. The van der Waals surface area contributed by atoms with Crippen molar-refractivity contribution in [1.82, 2.24) is 0 Å². The minimum atomic E-state index is -0.652. The minimum Gasteiger partial charge on any atom is -0.299 e. The number of ketones is 2. The van der Waals surface area contributed by atoms with Crippen LogP contribution < -0.4 is 0 Å². The SMILES string of the molecule is [CH2]C(C)(C)C(=O)CC(=O)C(C)(C)C. The summed E-state index contributed by atoms with van der Waals surface area (Å²) in [5, 5.41) is 0. The van der Waals surface area contributed by atoms with Crippen molar-refractivity contribution >= 4 is 11.6 Å². The molecule has 0 spiro atoms. The highest BCUT2D eigenvalue weighted by molar-refractivity contribution is 6.03. The number of hydrogen-bond donors (Lipinski definition) is 0. The molecular weight excluding hydrogens is 164 g/mol. The maximum atomic E-state index is 11.5. The van der Waals surface area contributed by atoms with Gasteiger partial charge in [0.05, 0.1) is 6.42 Å². The minimum absolute atomic E-state index is 0.000000000000000222. The molecule has 0 N–H and O–H groups in total. The smallest absolute Gasteiger partial charge is 0.145 e. The lowest BCUT2D eigenvalue weighted by Crippen LogP contribution is -2.29. The van der Waals surface area contributed by atoms with Crippen molar-refractivity contribution in [3.05, 3.63) is 6.92 Å². The summed E-state index contributed by atoms with van der Waals surface area (Å²) in [4.78, 5) is 22.9. The lowest BCUT2D eigenvalue weighted by molar-refractivity contribution is -0.134. The van der Waals surface area contributed by atoms with Crippen molar-refractivity contribution in [3.63, 3.8) is 0 Å². The quantitative estimate of drug-likeness (QED) is 0.630. The van der Waals surface area contributed by atoms with E-state index in [1.165, 1.54) is 0 Å². The predicted octanol–water partition coefficient (Wildman–Crippen LogP) is 2.42. The van der Waals surface area contributed by atoms with Gasteiger partial charge in [-0.3, -0.25) is 9.59 Å². The molecule has 0 aliphatic carbocycles. The molecule has 13 heavy (non-hydrogen) atoms. The standard InChI is InChI=1S/C11H19O2/c1-10(2,3)8(12)7-9(13)11(4,5)6/h1,7H2,2-6H3. The van der Waals surface area contributed by atoms with Crippen LogP contribution in [0, 0.1) is 17.8 Å². The molecule has 2 heteroatoms. The number of rotatable bonds is 3. The zero-order chi connectivity index (χ0) is 10.9. The molecule has 0 aromatic heterocycles. The Morgan fingerprint density at radius 1 is 1.00 bits per heavy atom. The molecule has 1 radical (unpaired) electrons. The topological polar surface area (TPSA) is 34.1 Å². The molecule has 0 rings (SSSR count). The second-order valence-corrected chi connectivity index (χ2v) is 5.16. The van der Waals surface area contributed by atoms with Crippen molar-refractivity contribution in [3.8, 4) is 0 Å². The first-order chi connectivity index (χ1) is 5.55. The van der Waals surface area contributed by atoms with Crippen LogP contribution in [0.15, 0.2) is 0 Å². The van der Waals surface area contributed by atoms with E-state index in [1.54, 1.807) is 13.8 Å². The van der Waals surface area contributed by atoms with Crippen molar-refractivity contribution in [2.45, 2.75) is 41.0 Å². The maximum absolute atomic E-state index is 11.5. The van der Waals surface area contributed by atoms with Crippen molar-refractivity contribution < 1.29 is 9.59 Å². The molecule has 75 valence electrons. The van der Waals surface area contributed by atoms with Gasteiger partial charge in [0.2, 0.25) is 0 Å². The second kappa shape index (κ2) is 3.60. The van der Waals surface area contributed by atoms with Gasteiger partial charge < -0.3 is 0 Å². The first kappa shape index (κ1) is 12.3. The number of carbonyl (C=O) groups is 2. The average Bonchev–Trinajstić information content (AvgIpc) is 1.82. The average molecular weight is 183 g/mol. The predicted molar refractivity (Wildman–Crippen MR) is 53.2 cm³/mol. The fourth-order valence-corrected chi connectivity index (χ4v) is 0.650. The lowest BCUT2D eigenvalue weighted by Gasteiger charge is -2.20. The number of carbonyl (C=O) groups excluding carboxylic acids is 2. The van der Waals surface area contributed by atoms with E-state index in [9.17, 15) is 9.59 Å². The zero-order valence-corrected chi connectivity index (χ0v) is 9.23. The molecule has 2 nitrogen and oxygen atoms in total. The zero-order valence-electron chi connectivity index (χ0n) is 9.23. The summed E-state index contributed by atoms with van der Waals surface area (Å²) in [5.74, 6) is -0.110. The second-order valence-electron chi connectivity index (χ2n) is 5.16. The van der Waals surface area contributed by atoms with Crippen LogP contribution in [0.2, 0.25) is 0 Å². The van der Waals surface area contributed by atoms with Gasteiger partial charge in [0.15, 0.2) is 0 Å². The fourth-order valence-electron chi connectivity index (χ4n) is 0.650. The van der Waals surface area contributed by atoms with Crippen LogP contribution >= 0.6 is 0 Å². The summed E-state index contributed by atoms with van der Waals surface area (Å²) in [6.07, 6.45) is -0.000000000000000222. The summed E-state index contributed by atoms with van der Waals surface area (Å²) in [6.45, 7) is 12.6. The maximum Gasteiger partial charge on any atom is 0.145 e. The highest BCUT2D eigenvalue weighted by atomic mass is 16.1. The van der Waals surface area contributed by atoms with E-state index in [0.29, 0.717) is 0 Å². The lowest BCUT2D eigenvalue weighted by atomic mass is 9.82. The van der Waals surface area contributed by atoms with Crippen molar-refractivity contribution in [2.75, 3.05) is 0 Å². The molecule has 0 unspecified atom stereocenters. The highest BCUT2D eigenvalue weighted by Gasteiger charge is 2.29. The summed E-state index contributed by atoms with van der Waals surface area (Å²) < 4.78 is 0. The first-order valence-electron chi connectivity index (χ1n) is 4.47. The van der Waals surface area contributed by atoms with E-state index in [2.05, 4.69) is 6.92 Å². The molecule has 0 aromatic carbocycles. The summed E-state index contributed by atoms with van der Waals surface area (Å²) in [7, 11) is 0. The monoisotopic (exact) mass is 183 g/mol. The fraction of sp³-hybridized carbons (Fsp3) is 0.727. The Hall–Kier alpha value is -0.660. The van der Waals surface area contributed by atoms with Gasteiger partial charge in [0.1, 0.15) is 11.6 Å². The van der Waals surface area contributed by atoms with Crippen LogP contribution in [-0.2, 0) is 9.59 Å². The summed E-state index contributed by atoms with van der Waals surface area (Å²) in [6, 6.07) is 0. The van der Waals surface area contributed by atoms with Crippen LogP contribution in [0.4, 0.5) is 0 Å².